The van der Waals surface area contributed by atoms with Gasteiger partial charge in [0.05, 0.1) is 10.6 Å². The predicted octanol–water partition coefficient (Wildman–Crippen LogP) is 4.79. The second kappa shape index (κ2) is 7.67. The summed E-state index contributed by atoms with van der Waals surface area (Å²) >= 11 is 11.9. The molecule has 0 bridgehead atoms. The Bertz CT molecular complexity index is 1190. The van der Waals surface area contributed by atoms with Crippen LogP contribution in [-0.2, 0) is 14.6 Å². The number of fused-ring (bicyclic) bond motifs is 1. The molecular weight excluding hydrogens is 444 g/mol. The minimum atomic E-state index is -4.74. The van der Waals surface area contributed by atoms with Crippen molar-refractivity contribution in [2.45, 2.75) is 11.8 Å². The first-order chi connectivity index (χ1) is 13.0. The first-order valence-corrected chi connectivity index (χ1v) is 12.0. The van der Waals surface area contributed by atoms with Crippen molar-refractivity contribution in [1.29, 1.82) is 0 Å². The van der Waals surface area contributed by atoms with Crippen LogP contribution in [-0.4, -0.2) is 24.5 Å². The molecule has 0 aromatic heterocycles. The quantitative estimate of drug-likeness (QED) is 0.535. The highest BCUT2D eigenvalue weighted by atomic mass is 35.5. The molecule has 3 aromatic carbocycles. The van der Waals surface area contributed by atoms with Gasteiger partial charge in [-0.05, 0) is 36.1 Å². The average molecular weight is 460 g/mol. The molecule has 0 aliphatic carbocycles. The van der Waals surface area contributed by atoms with E-state index in [1.54, 1.807) is 37.3 Å². The van der Waals surface area contributed by atoms with Gasteiger partial charge in [-0.25, -0.2) is 8.42 Å². The second-order valence-electron chi connectivity index (χ2n) is 6.22. The minimum absolute atomic E-state index is 0.0943. The smallest absolute Gasteiger partial charge is 0.323 e. The summed E-state index contributed by atoms with van der Waals surface area (Å²) < 4.78 is 39.3. The maximum Gasteiger partial charge on any atom is 0.345 e. The van der Waals surface area contributed by atoms with Gasteiger partial charge in [0.25, 0.3) is 10.0 Å². The van der Waals surface area contributed by atoms with Crippen molar-refractivity contribution >= 4 is 57.3 Å². The van der Waals surface area contributed by atoms with Crippen LogP contribution in [0.3, 0.4) is 0 Å². The fourth-order valence-corrected chi connectivity index (χ4v) is 6.41. The summed E-state index contributed by atoms with van der Waals surface area (Å²) in [5.41, 5.74) is 0.737. The zero-order chi connectivity index (χ0) is 20.7. The van der Waals surface area contributed by atoms with Crippen LogP contribution < -0.4 is 4.31 Å². The molecule has 3 aromatic rings. The van der Waals surface area contributed by atoms with E-state index in [1.165, 1.54) is 18.2 Å². The molecule has 0 fully saturated rings. The highest BCUT2D eigenvalue weighted by molar-refractivity contribution is 7.93. The third kappa shape index (κ3) is 4.35. The van der Waals surface area contributed by atoms with Gasteiger partial charge in [-0.1, -0.05) is 59.6 Å². The van der Waals surface area contributed by atoms with Crippen molar-refractivity contribution in [3.05, 3.63) is 70.2 Å². The Morgan fingerprint density at radius 1 is 1.00 bits per heavy atom. The summed E-state index contributed by atoms with van der Waals surface area (Å²) in [5.74, 6) is 0. The van der Waals surface area contributed by atoms with Crippen molar-refractivity contribution in [2.24, 2.45) is 0 Å². The molecule has 10 heteroatoms. The molecular formula is C18H16Cl2NO5PS. The van der Waals surface area contributed by atoms with Crippen LogP contribution in [0.4, 0.5) is 5.69 Å². The molecule has 3 rings (SSSR count). The molecule has 0 aliphatic heterocycles. The third-order valence-electron chi connectivity index (χ3n) is 4.09. The van der Waals surface area contributed by atoms with Crippen LogP contribution in [0.5, 0.6) is 0 Å². The van der Waals surface area contributed by atoms with Crippen LogP contribution in [0.15, 0.2) is 59.5 Å². The van der Waals surface area contributed by atoms with Crippen molar-refractivity contribution < 1.29 is 22.8 Å². The molecule has 0 heterocycles. The maximum absolute atomic E-state index is 13.4. The number of anilines is 1. The van der Waals surface area contributed by atoms with Crippen molar-refractivity contribution in [2.75, 3.05) is 10.6 Å². The number of aryl methyl sites for hydroxylation is 1. The summed E-state index contributed by atoms with van der Waals surface area (Å²) in [5, 5.41) is 1.47. The molecule has 6 nitrogen and oxygen atoms in total. The van der Waals surface area contributed by atoms with Crippen LogP contribution in [0, 0.1) is 6.92 Å². The van der Waals surface area contributed by atoms with Gasteiger partial charge in [0, 0.05) is 15.4 Å². The van der Waals surface area contributed by atoms with Crippen LogP contribution in [0.25, 0.3) is 10.8 Å². The Hall–Kier alpha value is -1.60. The number of halogens is 2. The van der Waals surface area contributed by atoms with E-state index in [2.05, 4.69) is 0 Å². The molecule has 0 atom stereocenters. The fourth-order valence-electron chi connectivity index (χ4n) is 2.93. The van der Waals surface area contributed by atoms with Crippen LogP contribution in [0.2, 0.25) is 10.0 Å². The van der Waals surface area contributed by atoms with Gasteiger partial charge in [-0.15, -0.1) is 0 Å². The summed E-state index contributed by atoms with van der Waals surface area (Å²) in [6.45, 7) is 1.68. The van der Waals surface area contributed by atoms with Gasteiger partial charge >= 0.3 is 7.60 Å². The molecule has 148 valence electrons. The lowest BCUT2D eigenvalue weighted by molar-refractivity contribution is 0.373. The van der Waals surface area contributed by atoms with E-state index in [9.17, 15) is 22.8 Å². The van der Waals surface area contributed by atoms with Crippen molar-refractivity contribution in [3.63, 3.8) is 0 Å². The van der Waals surface area contributed by atoms with E-state index >= 15 is 0 Å². The van der Waals surface area contributed by atoms with Gasteiger partial charge in [0.1, 0.15) is 6.29 Å². The molecule has 0 saturated carbocycles. The zero-order valence-electron chi connectivity index (χ0n) is 14.6. The molecule has 0 unspecified atom stereocenters. The molecule has 0 saturated heterocycles. The number of hydrogen-bond donors (Lipinski definition) is 2. The highest BCUT2D eigenvalue weighted by Gasteiger charge is 2.33. The Kier molecular flexibility index (Phi) is 5.79. The van der Waals surface area contributed by atoms with E-state index in [0.717, 1.165) is 9.69 Å². The largest absolute Gasteiger partial charge is 0.345 e. The van der Waals surface area contributed by atoms with Gasteiger partial charge in [-0.3, -0.25) is 8.87 Å². The number of benzene rings is 3. The first kappa shape index (κ1) is 21.1. The zero-order valence-corrected chi connectivity index (χ0v) is 17.8. The molecule has 28 heavy (non-hydrogen) atoms. The Morgan fingerprint density at radius 2 is 1.61 bits per heavy atom. The average Bonchev–Trinajstić information content (AvgIpc) is 2.58. The number of sulfonamides is 1. The normalized spacial score (nSPS) is 12.3. The van der Waals surface area contributed by atoms with Gasteiger partial charge in [0.15, 0.2) is 0 Å². The van der Waals surface area contributed by atoms with Crippen molar-refractivity contribution in [1.82, 2.24) is 0 Å². The van der Waals surface area contributed by atoms with E-state index < -0.39 is 23.9 Å². The monoisotopic (exact) mass is 459 g/mol. The minimum Gasteiger partial charge on any atom is -0.323 e. The van der Waals surface area contributed by atoms with Crippen LogP contribution >= 0.6 is 30.8 Å². The van der Waals surface area contributed by atoms with E-state index in [-0.39, 0.29) is 20.6 Å². The maximum atomic E-state index is 13.4. The standard InChI is InChI=1S/C18H16Cl2NO5PS/c1-12-6-7-13-4-2-3-5-17(13)18(12)21(11-27(22,23)24)28(25,26)16-9-14(19)8-15(20)10-16/h2-10H,11H2,1H3,(H2,22,23,24). The number of hydrogen-bond acceptors (Lipinski definition) is 3. The topological polar surface area (TPSA) is 94.9 Å². The third-order valence-corrected chi connectivity index (χ3v) is 7.09. The Balaban J connectivity index is 2.32. The lowest BCUT2D eigenvalue weighted by Gasteiger charge is -2.27. The van der Waals surface area contributed by atoms with E-state index in [0.29, 0.717) is 10.9 Å². The highest BCUT2D eigenvalue weighted by Crippen LogP contribution is 2.43. The van der Waals surface area contributed by atoms with Gasteiger partial charge < -0.3 is 9.79 Å². The lowest BCUT2D eigenvalue weighted by Crippen LogP contribution is -2.33. The molecule has 0 spiro atoms. The molecule has 2 N–H and O–H groups in total. The van der Waals surface area contributed by atoms with Gasteiger partial charge in [0.2, 0.25) is 0 Å². The predicted molar refractivity (Wildman–Crippen MR) is 112 cm³/mol. The Labute approximate surface area is 172 Å². The summed E-state index contributed by atoms with van der Waals surface area (Å²) in [7, 11) is -9.12. The number of rotatable bonds is 5. The Morgan fingerprint density at radius 3 is 2.21 bits per heavy atom. The fraction of sp³-hybridized carbons (Fsp3) is 0.111. The molecule has 0 amide bonds. The molecule has 0 radical (unpaired) electrons. The summed E-state index contributed by atoms with van der Waals surface area (Å²) in [4.78, 5) is 18.9. The van der Waals surface area contributed by atoms with Crippen LogP contribution in [0.1, 0.15) is 5.56 Å². The first-order valence-electron chi connectivity index (χ1n) is 8.01. The van der Waals surface area contributed by atoms with Crippen molar-refractivity contribution in [3.8, 4) is 0 Å². The lowest BCUT2D eigenvalue weighted by atomic mass is 10.0. The van der Waals surface area contributed by atoms with E-state index in [1.807, 2.05) is 6.07 Å². The van der Waals surface area contributed by atoms with Gasteiger partial charge in [-0.2, -0.15) is 0 Å². The van der Waals surface area contributed by atoms with E-state index in [4.69, 9.17) is 23.2 Å². The molecule has 0 aliphatic rings. The summed E-state index contributed by atoms with van der Waals surface area (Å²) in [6, 6.07) is 14.3. The number of nitrogens with zero attached hydrogens (tertiary/aromatic N) is 1. The SMILES string of the molecule is Cc1ccc2ccccc2c1N(CP(=O)(O)O)S(=O)(=O)c1cc(Cl)cc(Cl)c1. The summed E-state index contributed by atoms with van der Waals surface area (Å²) in [6.07, 6.45) is -1.02. The second-order valence-corrected chi connectivity index (χ2v) is 10.6.